The monoisotopic (exact) mass is 323 g/mol. The van der Waals surface area contributed by atoms with Gasteiger partial charge in [-0.1, -0.05) is 19.0 Å². The maximum atomic E-state index is 5.41. The van der Waals surface area contributed by atoms with Crippen LogP contribution in [0.4, 0.5) is 0 Å². The Balaban J connectivity index is 2.81. The van der Waals surface area contributed by atoms with Crippen LogP contribution < -0.4 is 10.6 Å². The van der Waals surface area contributed by atoms with Crippen LogP contribution in [0.2, 0.25) is 0 Å². The van der Waals surface area contributed by atoms with E-state index < -0.39 is 0 Å². The Hall–Kier alpha value is -1.56. The van der Waals surface area contributed by atoms with Crippen molar-refractivity contribution in [2.75, 3.05) is 27.2 Å². The first-order valence-electron chi connectivity index (χ1n) is 8.51. The molecule has 1 aromatic heterocycles. The molecule has 6 nitrogen and oxygen atoms in total. The van der Waals surface area contributed by atoms with Crippen molar-refractivity contribution < 1.29 is 4.52 Å². The van der Waals surface area contributed by atoms with Crippen LogP contribution in [0, 0.1) is 0 Å². The van der Waals surface area contributed by atoms with Crippen LogP contribution in [0.3, 0.4) is 0 Å². The first kappa shape index (κ1) is 19.5. The van der Waals surface area contributed by atoms with Gasteiger partial charge in [0, 0.05) is 30.6 Å². The third-order valence-corrected chi connectivity index (χ3v) is 4.25. The summed E-state index contributed by atoms with van der Waals surface area (Å²) < 4.78 is 5.41. The number of likely N-dealkylation sites (N-methyl/N-ethyl adjacent to an activating group) is 1. The summed E-state index contributed by atoms with van der Waals surface area (Å²) in [6, 6.07) is 0. The SMILES string of the molecule is CCNC(=NCc1c(CC)noc1CC)NCC(C)(C)N(C)C. The molecule has 0 atom stereocenters. The van der Waals surface area contributed by atoms with Crippen molar-refractivity contribution in [3.63, 3.8) is 0 Å². The van der Waals surface area contributed by atoms with Gasteiger partial charge >= 0.3 is 0 Å². The van der Waals surface area contributed by atoms with E-state index in [-0.39, 0.29) is 5.54 Å². The van der Waals surface area contributed by atoms with Crippen LogP contribution in [-0.4, -0.2) is 48.7 Å². The third-order valence-electron chi connectivity index (χ3n) is 4.25. The van der Waals surface area contributed by atoms with E-state index in [9.17, 15) is 0 Å². The Bertz CT molecular complexity index is 484. The smallest absolute Gasteiger partial charge is 0.191 e. The van der Waals surface area contributed by atoms with Gasteiger partial charge in [-0.05, 0) is 41.3 Å². The second kappa shape index (κ2) is 8.91. The number of aliphatic imine (C=N–C) groups is 1. The van der Waals surface area contributed by atoms with Crippen LogP contribution in [0.15, 0.2) is 9.52 Å². The molecule has 1 aromatic rings. The van der Waals surface area contributed by atoms with Crippen LogP contribution in [0.5, 0.6) is 0 Å². The number of hydrogen-bond donors (Lipinski definition) is 2. The molecule has 0 aliphatic carbocycles. The van der Waals surface area contributed by atoms with Crippen molar-refractivity contribution in [3.8, 4) is 0 Å². The molecule has 1 rings (SSSR count). The topological polar surface area (TPSA) is 65.7 Å². The molecule has 0 unspecified atom stereocenters. The van der Waals surface area contributed by atoms with E-state index >= 15 is 0 Å². The third kappa shape index (κ3) is 5.53. The van der Waals surface area contributed by atoms with E-state index in [1.807, 2.05) is 0 Å². The maximum Gasteiger partial charge on any atom is 0.191 e. The molecule has 0 radical (unpaired) electrons. The Labute approximate surface area is 140 Å². The van der Waals surface area contributed by atoms with Gasteiger partial charge in [-0.2, -0.15) is 0 Å². The van der Waals surface area contributed by atoms with Gasteiger partial charge in [-0.3, -0.25) is 0 Å². The molecule has 2 N–H and O–H groups in total. The van der Waals surface area contributed by atoms with Gasteiger partial charge < -0.3 is 20.1 Å². The number of guanidine groups is 1. The van der Waals surface area contributed by atoms with Gasteiger partial charge in [-0.25, -0.2) is 4.99 Å². The lowest BCUT2D eigenvalue weighted by molar-refractivity contribution is 0.197. The molecule has 0 aliphatic rings. The van der Waals surface area contributed by atoms with Gasteiger partial charge in [0.05, 0.1) is 12.2 Å². The highest BCUT2D eigenvalue weighted by molar-refractivity contribution is 5.79. The Morgan fingerprint density at radius 1 is 1.17 bits per heavy atom. The first-order chi connectivity index (χ1) is 10.9. The lowest BCUT2D eigenvalue weighted by Crippen LogP contribution is -2.50. The van der Waals surface area contributed by atoms with Gasteiger partial charge in [0.15, 0.2) is 5.96 Å². The summed E-state index contributed by atoms with van der Waals surface area (Å²) in [7, 11) is 4.17. The zero-order chi connectivity index (χ0) is 17.5. The minimum Gasteiger partial charge on any atom is -0.361 e. The highest BCUT2D eigenvalue weighted by Gasteiger charge is 2.20. The van der Waals surface area contributed by atoms with Crippen molar-refractivity contribution in [3.05, 3.63) is 17.0 Å². The lowest BCUT2D eigenvalue weighted by atomic mass is 10.0. The predicted octanol–water partition coefficient (Wildman–Crippen LogP) is 2.19. The quantitative estimate of drug-likeness (QED) is 0.567. The van der Waals surface area contributed by atoms with Crippen LogP contribution in [0.25, 0.3) is 0 Å². The zero-order valence-corrected chi connectivity index (χ0v) is 15.8. The first-order valence-corrected chi connectivity index (χ1v) is 8.51. The fraction of sp³-hybridized carbons (Fsp3) is 0.765. The fourth-order valence-corrected chi connectivity index (χ4v) is 2.07. The molecule has 0 saturated heterocycles. The highest BCUT2D eigenvalue weighted by atomic mass is 16.5. The molecule has 0 spiro atoms. The summed E-state index contributed by atoms with van der Waals surface area (Å²) in [5.41, 5.74) is 2.19. The van der Waals surface area contributed by atoms with Crippen LogP contribution in [0.1, 0.15) is 51.6 Å². The van der Waals surface area contributed by atoms with Crippen molar-refractivity contribution in [1.29, 1.82) is 0 Å². The van der Waals surface area contributed by atoms with Gasteiger partial charge in [-0.15, -0.1) is 0 Å². The Morgan fingerprint density at radius 2 is 1.87 bits per heavy atom. The molecule has 23 heavy (non-hydrogen) atoms. The van der Waals surface area contributed by atoms with E-state index in [2.05, 4.69) is 69.4 Å². The molecule has 0 fully saturated rings. The fourth-order valence-electron chi connectivity index (χ4n) is 2.07. The van der Waals surface area contributed by atoms with Crippen molar-refractivity contribution in [1.82, 2.24) is 20.7 Å². The molecule has 132 valence electrons. The second-order valence-electron chi connectivity index (χ2n) is 6.49. The standard InChI is InChI=1S/C17H33N5O/c1-8-14-13(15(9-2)23-21-14)11-19-16(18-10-3)20-12-17(4,5)22(6)7/h8-12H2,1-7H3,(H2,18,19,20). The largest absolute Gasteiger partial charge is 0.361 e. The summed E-state index contributed by atoms with van der Waals surface area (Å²) >= 11 is 0. The number of aromatic nitrogens is 1. The predicted molar refractivity (Wildman–Crippen MR) is 95.8 cm³/mol. The normalized spacial score (nSPS) is 12.8. The molecule has 0 saturated carbocycles. The van der Waals surface area contributed by atoms with Crippen LogP contribution in [-0.2, 0) is 19.4 Å². The van der Waals surface area contributed by atoms with Crippen LogP contribution >= 0.6 is 0 Å². The molecule has 0 amide bonds. The second-order valence-corrected chi connectivity index (χ2v) is 6.49. The number of nitrogens with one attached hydrogen (secondary N) is 2. The van der Waals surface area contributed by atoms with E-state index in [0.29, 0.717) is 6.54 Å². The lowest BCUT2D eigenvalue weighted by Gasteiger charge is -2.33. The number of nitrogens with zero attached hydrogens (tertiary/aromatic N) is 3. The summed E-state index contributed by atoms with van der Waals surface area (Å²) in [4.78, 5) is 6.91. The minimum atomic E-state index is 0.0521. The van der Waals surface area contributed by atoms with E-state index in [1.54, 1.807) is 0 Å². The molecule has 0 bridgehead atoms. The summed E-state index contributed by atoms with van der Waals surface area (Å²) in [5.74, 6) is 1.77. The highest BCUT2D eigenvalue weighted by Crippen LogP contribution is 2.16. The average Bonchev–Trinajstić information content (AvgIpc) is 2.91. The van der Waals surface area contributed by atoms with E-state index in [4.69, 9.17) is 9.52 Å². The molecule has 6 heteroatoms. The van der Waals surface area contributed by atoms with Crippen molar-refractivity contribution >= 4 is 5.96 Å². The average molecular weight is 323 g/mol. The van der Waals surface area contributed by atoms with Gasteiger partial charge in [0.1, 0.15) is 5.76 Å². The van der Waals surface area contributed by atoms with Crippen molar-refractivity contribution in [2.45, 2.75) is 59.5 Å². The molecular formula is C17H33N5O. The maximum absolute atomic E-state index is 5.41. The van der Waals surface area contributed by atoms with Gasteiger partial charge in [0.25, 0.3) is 0 Å². The minimum absolute atomic E-state index is 0.0521. The number of aryl methyl sites for hydroxylation is 2. The van der Waals surface area contributed by atoms with E-state index in [1.165, 1.54) is 0 Å². The Kier molecular flexibility index (Phi) is 7.55. The van der Waals surface area contributed by atoms with Gasteiger partial charge in [0.2, 0.25) is 0 Å². The number of hydrogen-bond acceptors (Lipinski definition) is 4. The van der Waals surface area contributed by atoms with E-state index in [0.717, 1.165) is 48.9 Å². The zero-order valence-electron chi connectivity index (χ0n) is 15.8. The van der Waals surface area contributed by atoms with Crippen molar-refractivity contribution in [2.24, 2.45) is 4.99 Å². The molecule has 0 aliphatic heterocycles. The molecular weight excluding hydrogens is 290 g/mol. The summed E-state index contributed by atoms with van der Waals surface area (Å²) in [6.07, 6.45) is 1.71. The molecule has 0 aromatic carbocycles. The summed E-state index contributed by atoms with van der Waals surface area (Å²) in [5, 5.41) is 10.9. The summed E-state index contributed by atoms with van der Waals surface area (Å²) in [6.45, 7) is 12.9. The number of rotatable bonds is 8. The molecule has 1 heterocycles. The Morgan fingerprint density at radius 3 is 2.39 bits per heavy atom.